The first-order valence-electron chi connectivity index (χ1n) is 9.00. The highest BCUT2D eigenvalue weighted by atomic mass is 19.3. The van der Waals surface area contributed by atoms with Gasteiger partial charge in [0.1, 0.15) is 5.65 Å². The molecule has 0 radical (unpaired) electrons. The molecule has 2 N–H and O–H groups in total. The lowest BCUT2D eigenvalue weighted by Gasteiger charge is -2.28. The van der Waals surface area contributed by atoms with Crippen LogP contribution in [0, 0.1) is 0 Å². The van der Waals surface area contributed by atoms with Crippen molar-refractivity contribution in [2.45, 2.75) is 37.6 Å². The second-order valence-electron chi connectivity index (χ2n) is 7.05. The number of hydrogen-bond donors (Lipinski definition) is 2. The number of aromatic amines is 1. The van der Waals surface area contributed by atoms with E-state index < -0.39 is 5.92 Å². The van der Waals surface area contributed by atoms with Gasteiger partial charge in [-0.3, -0.25) is 0 Å². The van der Waals surface area contributed by atoms with Crippen molar-refractivity contribution in [3.05, 3.63) is 43.0 Å². The largest absolute Gasteiger partial charge is 0.351 e. The van der Waals surface area contributed by atoms with Gasteiger partial charge in [0, 0.05) is 54.6 Å². The molecule has 1 saturated carbocycles. The first-order chi connectivity index (χ1) is 13.1. The maximum Gasteiger partial charge on any atom is 0.248 e. The molecule has 6 nitrogen and oxygen atoms in total. The van der Waals surface area contributed by atoms with Crippen molar-refractivity contribution >= 4 is 22.5 Å². The van der Waals surface area contributed by atoms with Crippen LogP contribution < -0.4 is 5.32 Å². The Morgan fingerprint density at radius 3 is 2.93 bits per heavy atom. The van der Waals surface area contributed by atoms with Crippen molar-refractivity contribution in [2.75, 3.05) is 5.32 Å². The minimum Gasteiger partial charge on any atom is -0.351 e. The quantitative estimate of drug-likeness (QED) is 0.567. The number of alkyl halides is 2. The molecule has 4 heterocycles. The molecule has 1 aliphatic carbocycles. The second-order valence-corrected chi connectivity index (χ2v) is 7.05. The number of H-pyrrole nitrogens is 1. The van der Waals surface area contributed by atoms with Crippen LogP contribution in [0.15, 0.2) is 43.0 Å². The van der Waals surface area contributed by atoms with E-state index in [1.807, 2.05) is 29.0 Å². The average Bonchev–Trinajstić information content (AvgIpc) is 3.29. The summed E-state index contributed by atoms with van der Waals surface area (Å²) in [6.45, 7) is 0. The van der Waals surface area contributed by atoms with E-state index in [-0.39, 0.29) is 18.9 Å². The van der Waals surface area contributed by atoms with Crippen LogP contribution in [-0.4, -0.2) is 36.5 Å². The Balaban J connectivity index is 1.41. The molecule has 0 saturated heterocycles. The highest BCUT2D eigenvalue weighted by Crippen LogP contribution is 2.34. The molecule has 0 aromatic carbocycles. The molecular formula is C19H18F2N6. The smallest absolute Gasteiger partial charge is 0.248 e. The Hall–Kier alpha value is -3.03. The number of hydrogen-bond acceptors (Lipinski definition) is 4. The summed E-state index contributed by atoms with van der Waals surface area (Å²) in [4.78, 5) is 12.1. The Kier molecular flexibility index (Phi) is 3.60. The summed E-state index contributed by atoms with van der Waals surface area (Å²) in [7, 11) is 0. The lowest BCUT2D eigenvalue weighted by atomic mass is 9.92. The highest BCUT2D eigenvalue weighted by molar-refractivity contribution is 5.94. The van der Waals surface area contributed by atoms with Crippen molar-refractivity contribution < 1.29 is 8.78 Å². The first kappa shape index (κ1) is 16.2. The lowest BCUT2D eigenvalue weighted by Crippen LogP contribution is -2.32. The van der Waals surface area contributed by atoms with Crippen LogP contribution in [0.2, 0.25) is 0 Å². The maximum atomic E-state index is 13.3. The number of pyridine rings is 1. The molecular weight excluding hydrogens is 350 g/mol. The molecule has 5 rings (SSSR count). The van der Waals surface area contributed by atoms with E-state index in [1.54, 1.807) is 12.4 Å². The molecule has 0 amide bonds. The van der Waals surface area contributed by atoms with E-state index in [0.717, 1.165) is 27.7 Å². The third-order valence-corrected chi connectivity index (χ3v) is 5.19. The van der Waals surface area contributed by atoms with E-state index in [0.29, 0.717) is 18.8 Å². The van der Waals surface area contributed by atoms with E-state index in [4.69, 9.17) is 0 Å². The molecule has 0 aliphatic heterocycles. The Bertz CT molecular complexity index is 1110. The normalized spacial score (nSPS) is 17.6. The van der Waals surface area contributed by atoms with Crippen LogP contribution in [0.25, 0.3) is 27.7 Å². The van der Waals surface area contributed by atoms with Crippen molar-refractivity contribution in [2.24, 2.45) is 0 Å². The van der Waals surface area contributed by atoms with Gasteiger partial charge < -0.3 is 10.3 Å². The number of nitrogens with one attached hydrogen (secondary N) is 2. The van der Waals surface area contributed by atoms with E-state index in [9.17, 15) is 8.78 Å². The van der Waals surface area contributed by atoms with Crippen LogP contribution in [0.5, 0.6) is 0 Å². The molecule has 1 fully saturated rings. The maximum absolute atomic E-state index is 13.3. The van der Waals surface area contributed by atoms with Crippen molar-refractivity contribution in [1.82, 2.24) is 24.6 Å². The van der Waals surface area contributed by atoms with Gasteiger partial charge in [0.05, 0.1) is 5.52 Å². The van der Waals surface area contributed by atoms with E-state index in [1.165, 1.54) is 0 Å². The Morgan fingerprint density at radius 2 is 2.07 bits per heavy atom. The minimum atomic E-state index is -2.53. The lowest BCUT2D eigenvalue weighted by molar-refractivity contribution is -0.0361. The fraction of sp³-hybridized carbons (Fsp3) is 0.316. The number of nitrogens with zero attached hydrogens (tertiary/aromatic N) is 4. The van der Waals surface area contributed by atoms with Gasteiger partial charge in [0.15, 0.2) is 0 Å². The zero-order valence-electron chi connectivity index (χ0n) is 14.5. The molecule has 4 aromatic heterocycles. The van der Waals surface area contributed by atoms with Crippen molar-refractivity contribution in [3.8, 4) is 11.1 Å². The molecule has 4 aromatic rings. The van der Waals surface area contributed by atoms with Gasteiger partial charge in [-0.25, -0.2) is 18.3 Å². The van der Waals surface area contributed by atoms with Crippen LogP contribution in [0.1, 0.15) is 25.7 Å². The number of aromatic nitrogens is 5. The molecule has 0 atom stereocenters. The molecule has 0 spiro atoms. The van der Waals surface area contributed by atoms with Gasteiger partial charge in [-0.1, -0.05) is 0 Å². The summed E-state index contributed by atoms with van der Waals surface area (Å²) >= 11 is 0. The topological polar surface area (TPSA) is 70.9 Å². The predicted octanol–water partition coefficient (Wildman–Crippen LogP) is 4.26. The molecule has 8 heteroatoms. The highest BCUT2D eigenvalue weighted by Gasteiger charge is 2.35. The van der Waals surface area contributed by atoms with Crippen LogP contribution in [0.3, 0.4) is 0 Å². The molecule has 0 unspecified atom stereocenters. The third-order valence-electron chi connectivity index (χ3n) is 5.19. The summed E-state index contributed by atoms with van der Waals surface area (Å²) in [5.41, 5.74) is 3.79. The van der Waals surface area contributed by atoms with Gasteiger partial charge in [0.25, 0.3) is 0 Å². The molecule has 27 heavy (non-hydrogen) atoms. The standard InChI is InChI=1S/C19H18F2N6/c20-19(21)5-1-13(2-6-19)25-18-23-11-16-15(10-22-17(16)26-18)12-4-8-27-14(9-12)3-7-24-27/h3-4,7-11,13H,1-2,5-6H2,(H2,22,23,25,26). The fourth-order valence-corrected chi connectivity index (χ4v) is 3.67. The van der Waals surface area contributed by atoms with Gasteiger partial charge in [-0.05, 0) is 36.6 Å². The zero-order valence-corrected chi connectivity index (χ0v) is 14.5. The SMILES string of the molecule is FC1(F)CCC(Nc2ncc3c(-c4ccn5nccc5c4)c[nH]c3n2)CC1. The molecule has 1 aliphatic rings. The Morgan fingerprint density at radius 1 is 1.22 bits per heavy atom. The van der Waals surface area contributed by atoms with Gasteiger partial charge in [0.2, 0.25) is 11.9 Å². The summed E-state index contributed by atoms with van der Waals surface area (Å²) in [5.74, 6) is -2.06. The number of fused-ring (bicyclic) bond motifs is 2. The Labute approximate surface area is 153 Å². The monoisotopic (exact) mass is 368 g/mol. The second kappa shape index (κ2) is 6.00. The van der Waals surface area contributed by atoms with Crippen LogP contribution >= 0.6 is 0 Å². The van der Waals surface area contributed by atoms with Gasteiger partial charge >= 0.3 is 0 Å². The third kappa shape index (κ3) is 3.01. The summed E-state index contributed by atoms with van der Waals surface area (Å²) in [5, 5.41) is 8.32. The number of halogens is 2. The predicted molar refractivity (Wildman–Crippen MR) is 98.9 cm³/mol. The van der Waals surface area contributed by atoms with Crippen LogP contribution in [-0.2, 0) is 0 Å². The molecule has 138 valence electrons. The summed E-state index contributed by atoms with van der Waals surface area (Å²) < 4.78 is 28.4. The summed E-state index contributed by atoms with van der Waals surface area (Å²) in [6, 6.07) is 5.99. The van der Waals surface area contributed by atoms with Crippen molar-refractivity contribution in [1.29, 1.82) is 0 Å². The first-order valence-corrected chi connectivity index (χ1v) is 9.00. The molecule has 0 bridgehead atoms. The van der Waals surface area contributed by atoms with Gasteiger partial charge in [-0.2, -0.15) is 10.1 Å². The number of anilines is 1. The van der Waals surface area contributed by atoms with E-state index >= 15 is 0 Å². The zero-order chi connectivity index (χ0) is 18.4. The van der Waals surface area contributed by atoms with E-state index in [2.05, 4.69) is 31.4 Å². The summed E-state index contributed by atoms with van der Waals surface area (Å²) in [6.07, 6.45) is 8.04. The number of rotatable bonds is 3. The van der Waals surface area contributed by atoms with Crippen molar-refractivity contribution in [3.63, 3.8) is 0 Å². The fourth-order valence-electron chi connectivity index (χ4n) is 3.67. The van der Waals surface area contributed by atoms with Gasteiger partial charge in [-0.15, -0.1) is 0 Å². The average molecular weight is 368 g/mol. The minimum absolute atomic E-state index is 0.0132. The van der Waals surface area contributed by atoms with Crippen LogP contribution in [0.4, 0.5) is 14.7 Å².